The maximum atomic E-state index is 11.4. The monoisotopic (exact) mass is 320 g/mol. The SMILES string of the molecule is CNC(=O)c1noc(CN2CC[C@@H](c3cccc(Cl)c3)C2)n1. The van der Waals surface area contributed by atoms with Crippen molar-refractivity contribution in [1.82, 2.24) is 20.4 Å². The Balaban J connectivity index is 1.61. The number of likely N-dealkylation sites (tertiary alicyclic amines) is 1. The van der Waals surface area contributed by atoms with Crippen molar-refractivity contribution < 1.29 is 9.32 Å². The van der Waals surface area contributed by atoms with E-state index in [9.17, 15) is 4.79 Å². The molecule has 7 heteroatoms. The molecule has 0 spiro atoms. The molecule has 116 valence electrons. The molecule has 1 aliphatic rings. The van der Waals surface area contributed by atoms with Gasteiger partial charge in [-0.1, -0.05) is 28.9 Å². The number of halogens is 1. The van der Waals surface area contributed by atoms with Crippen LogP contribution in [0.2, 0.25) is 5.02 Å². The molecule has 1 amide bonds. The van der Waals surface area contributed by atoms with Gasteiger partial charge in [-0.05, 0) is 36.6 Å². The third kappa shape index (κ3) is 3.28. The van der Waals surface area contributed by atoms with Crippen molar-refractivity contribution in [2.75, 3.05) is 20.1 Å². The number of benzene rings is 1. The van der Waals surface area contributed by atoms with Gasteiger partial charge in [-0.3, -0.25) is 9.69 Å². The first-order valence-corrected chi connectivity index (χ1v) is 7.56. The summed E-state index contributed by atoms with van der Waals surface area (Å²) >= 11 is 6.05. The van der Waals surface area contributed by atoms with Crippen molar-refractivity contribution in [3.63, 3.8) is 0 Å². The summed E-state index contributed by atoms with van der Waals surface area (Å²) in [4.78, 5) is 17.8. The molecule has 0 radical (unpaired) electrons. The summed E-state index contributed by atoms with van der Waals surface area (Å²) < 4.78 is 5.12. The predicted octanol–water partition coefficient (Wildman–Crippen LogP) is 2.07. The summed E-state index contributed by atoms with van der Waals surface area (Å²) in [7, 11) is 1.54. The number of aromatic nitrogens is 2. The van der Waals surface area contributed by atoms with E-state index in [1.54, 1.807) is 0 Å². The molecule has 1 aromatic heterocycles. The predicted molar refractivity (Wildman–Crippen MR) is 81.8 cm³/mol. The van der Waals surface area contributed by atoms with E-state index in [0.29, 0.717) is 18.4 Å². The lowest BCUT2D eigenvalue weighted by Crippen LogP contribution is -2.21. The van der Waals surface area contributed by atoms with E-state index in [1.807, 2.05) is 18.2 Å². The molecule has 1 aliphatic heterocycles. The average Bonchev–Trinajstić information content (AvgIpc) is 3.16. The second-order valence-corrected chi connectivity index (χ2v) is 5.80. The van der Waals surface area contributed by atoms with Crippen LogP contribution < -0.4 is 5.32 Å². The maximum Gasteiger partial charge on any atom is 0.292 e. The molecule has 0 bridgehead atoms. The van der Waals surface area contributed by atoms with Gasteiger partial charge in [0.2, 0.25) is 5.89 Å². The molecule has 1 saturated heterocycles. The summed E-state index contributed by atoms with van der Waals surface area (Å²) in [5, 5.41) is 6.91. The number of carbonyl (C=O) groups is 1. The molecule has 6 nitrogen and oxygen atoms in total. The zero-order valence-electron chi connectivity index (χ0n) is 12.3. The third-order valence-electron chi connectivity index (χ3n) is 3.85. The van der Waals surface area contributed by atoms with Crippen LogP contribution in [0, 0.1) is 0 Å². The first kappa shape index (κ1) is 15.0. The normalized spacial score (nSPS) is 18.5. The van der Waals surface area contributed by atoms with Gasteiger partial charge in [-0.25, -0.2) is 0 Å². The molecule has 1 atom stereocenters. The Kier molecular flexibility index (Phi) is 4.40. The topological polar surface area (TPSA) is 71.3 Å². The Morgan fingerprint density at radius 2 is 2.41 bits per heavy atom. The first-order valence-electron chi connectivity index (χ1n) is 7.18. The number of rotatable bonds is 4. The Hall–Kier alpha value is -1.92. The largest absolute Gasteiger partial charge is 0.352 e. The molecule has 0 saturated carbocycles. The van der Waals surface area contributed by atoms with E-state index in [1.165, 1.54) is 12.6 Å². The molecule has 0 unspecified atom stereocenters. The molecule has 3 rings (SSSR count). The Labute approximate surface area is 133 Å². The standard InChI is InChI=1S/C15H17ClN4O2/c1-17-15(21)14-18-13(22-19-14)9-20-6-5-11(8-20)10-3-2-4-12(16)7-10/h2-4,7,11H,5-6,8-9H2,1H3,(H,17,21)/t11-/m1/s1. The zero-order chi connectivity index (χ0) is 15.5. The number of carbonyl (C=O) groups excluding carboxylic acids is 1. The second-order valence-electron chi connectivity index (χ2n) is 5.37. The van der Waals surface area contributed by atoms with Crippen molar-refractivity contribution in [3.05, 3.63) is 46.6 Å². The van der Waals surface area contributed by atoms with Gasteiger partial charge in [0.05, 0.1) is 6.54 Å². The van der Waals surface area contributed by atoms with Gasteiger partial charge in [-0.15, -0.1) is 0 Å². The van der Waals surface area contributed by atoms with Crippen molar-refractivity contribution in [2.45, 2.75) is 18.9 Å². The summed E-state index contributed by atoms with van der Waals surface area (Å²) in [5.74, 6) is 0.654. The number of amides is 1. The highest BCUT2D eigenvalue weighted by atomic mass is 35.5. The van der Waals surface area contributed by atoms with Crippen molar-refractivity contribution in [1.29, 1.82) is 0 Å². The molecule has 1 N–H and O–H groups in total. The van der Waals surface area contributed by atoms with E-state index in [4.69, 9.17) is 16.1 Å². The molecule has 22 heavy (non-hydrogen) atoms. The Morgan fingerprint density at radius 3 is 3.18 bits per heavy atom. The van der Waals surface area contributed by atoms with Gasteiger partial charge in [0.25, 0.3) is 11.7 Å². The van der Waals surface area contributed by atoms with E-state index in [-0.39, 0.29) is 11.7 Å². The second kappa shape index (κ2) is 6.46. The van der Waals surface area contributed by atoms with Crippen LogP contribution in [0.5, 0.6) is 0 Å². The van der Waals surface area contributed by atoms with E-state index < -0.39 is 0 Å². The van der Waals surface area contributed by atoms with Crippen molar-refractivity contribution >= 4 is 17.5 Å². The molecule has 0 aliphatic carbocycles. The van der Waals surface area contributed by atoms with Crippen molar-refractivity contribution in [3.8, 4) is 0 Å². The summed E-state index contributed by atoms with van der Waals surface area (Å²) in [6.45, 7) is 2.42. The maximum absolute atomic E-state index is 11.4. The van der Waals surface area contributed by atoms with E-state index >= 15 is 0 Å². The van der Waals surface area contributed by atoms with Gasteiger partial charge in [0.15, 0.2) is 0 Å². The minimum absolute atomic E-state index is 0.0723. The average molecular weight is 321 g/mol. The highest BCUT2D eigenvalue weighted by molar-refractivity contribution is 6.30. The molecule has 2 aromatic rings. The smallest absolute Gasteiger partial charge is 0.292 e. The van der Waals surface area contributed by atoms with Crippen LogP contribution in [0.25, 0.3) is 0 Å². The minimum Gasteiger partial charge on any atom is -0.352 e. The quantitative estimate of drug-likeness (QED) is 0.933. The van der Waals surface area contributed by atoms with Gasteiger partial charge >= 0.3 is 0 Å². The van der Waals surface area contributed by atoms with Crippen LogP contribution in [-0.4, -0.2) is 41.1 Å². The molecular formula is C15H17ClN4O2. The van der Waals surface area contributed by atoms with Crippen LogP contribution in [0.3, 0.4) is 0 Å². The van der Waals surface area contributed by atoms with Gasteiger partial charge < -0.3 is 9.84 Å². The Bertz CT molecular complexity index is 673. The van der Waals surface area contributed by atoms with Gasteiger partial charge in [-0.2, -0.15) is 4.98 Å². The van der Waals surface area contributed by atoms with Crippen LogP contribution in [0.1, 0.15) is 34.4 Å². The van der Waals surface area contributed by atoms with Crippen LogP contribution in [0.15, 0.2) is 28.8 Å². The first-order chi connectivity index (χ1) is 10.7. The summed E-state index contributed by atoms with van der Waals surface area (Å²) in [6, 6.07) is 7.99. The fourth-order valence-corrected chi connectivity index (χ4v) is 2.92. The fraction of sp³-hybridized carbons (Fsp3) is 0.400. The minimum atomic E-state index is -0.340. The fourth-order valence-electron chi connectivity index (χ4n) is 2.72. The highest BCUT2D eigenvalue weighted by Crippen LogP contribution is 2.29. The van der Waals surface area contributed by atoms with Gasteiger partial charge in [0.1, 0.15) is 0 Å². The van der Waals surface area contributed by atoms with Crippen LogP contribution in [0.4, 0.5) is 0 Å². The summed E-state index contributed by atoms with van der Waals surface area (Å²) in [5.41, 5.74) is 1.26. The van der Waals surface area contributed by atoms with Crippen LogP contribution >= 0.6 is 11.6 Å². The molecule has 1 aromatic carbocycles. The lowest BCUT2D eigenvalue weighted by molar-refractivity contribution is 0.0950. The van der Waals surface area contributed by atoms with Gasteiger partial charge in [0, 0.05) is 18.6 Å². The lowest BCUT2D eigenvalue weighted by atomic mass is 9.99. The van der Waals surface area contributed by atoms with E-state index in [2.05, 4.69) is 26.4 Å². The molecule has 2 heterocycles. The highest BCUT2D eigenvalue weighted by Gasteiger charge is 2.25. The number of hydrogen-bond donors (Lipinski definition) is 1. The Morgan fingerprint density at radius 1 is 1.55 bits per heavy atom. The molecule has 1 fully saturated rings. The lowest BCUT2D eigenvalue weighted by Gasteiger charge is -2.13. The third-order valence-corrected chi connectivity index (χ3v) is 4.08. The molecular weight excluding hydrogens is 304 g/mol. The number of hydrogen-bond acceptors (Lipinski definition) is 5. The van der Waals surface area contributed by atoms with Crippen LogP contribution in [-0.2, 0) is 6.54 Å². The number of nitrogens with one attached hydrogen (secondary N) is 1. The number of nitrogens with zero attached hydrogens (tertiary/aromatic N) is 3. The summed E-state index contributed by atoms with van der Waals surface area (Å²) in [6.07, 6.45) is 1.07. The zero-order valence-corrected chi connectivity index (χ0v) is 13.0. The van der Waals surface area contributed by atoms with E-state index in [0.717, 1.165) is 24.5 Å². The van der Waals surface area contributed by atoms with Crippen molar-refractivity contribution in [2.24, 2.45) is 0 Å².